The molecule has 1 rings (SSSR count). The molecular formula is C12H16O3. The molecule has 0 heterocycles. The van der Waals surface area contributed by atoms with Gasteiger partial charge in [0.05, 0.1) is 13.7 Å². The average molecular weight is 208 g/mol. The van der Waals surface area contributed by atoms with Gasteiger partial charge in [-0.25, -0.2) is 0 Å². The summed E-state index contributed by atoms with van der Waals surface area (Å²) in [6, 6.07) is 7.53. The standard InChI is InChI=1S/C12H16O3/c1-14-8-7-11(13)9-10-3-5-12(15-2)6-4-10/h3-6H,7-9H2,1-2H3. The van der Waals surface area contributed by atoms with Crippen molar-refractivity contribution in [3.05, 3.63) is 29.8 Å². The lowest BCUT2D eigenvalue weighted by atomic mass is 10.1. The molecular weight excluding hydrogens is 192 g/mol. The highest BCUT2D eigenvalue weighted by molar-refractivity contribution is 5.80. The number of carbonyl (C=O) groups is 1. The maximum absolute atomic E-state index is 11.4. The molecule has 0 aliphatic rings. The van der Waals surface area contributed by atoms with Gasteiger partial charge in [-0.3, -0.25) is 4.79 Å². The van der Waals surface area contributed by atoms with Crippen molar-refractivity contribution in [3.63, 3.8) is 0 Å². The van der Waals surface area contributed by atoms with Crippen LogP contribution in [0.3, 0.4) is 0 Å². The first kappa shape index (κ1) is 11.7. The average Bonchev–Trinajstić information content (AvgIpc) is 2.27. The quantitative estimate of drug-likeness (QED) is 0.715. The molecule has 1 aromatic rings. The van der Waals surface area contributed by atoms with Crippen LogP contribution in [0, 0.1) is 0 Å². The first-order valence-corrected chi connectivity index (χ1v) is 4.90. The summed E-state index contributed by atoms with van der Waals surface area (Å²) in [5.74, 6) is 1.00. The van der Waals surface area contributed by atoms with Crippen molar-refractivity contribution in [2.45, 2.75) is 12.8 Å². The van der Waals surface area contributed by atoms with Gasteiger partial charge in [0.1, 0.15) is 11.5 Å². The molecule has 82 valence electrons. The Morgan fingerprint density at radius 2 is 1.87 bits per heavy atom. The summed E-state index contributed by atoms with van der Waals surface area (Å²) in [7, 11) is 3.22. The molecule has 0 bridgehead atoms. The molecule has 0 aromatic heterocycles. The van der Waals surface area contributed by atoms with E-state index in [1.807, 2.05) is 24.3 Å². The molecule has 0 amide bonds. The van der Waals surface area contributed by atoms with E-state index in [9.17, 15) is 4.79 Å². The van der Waals surface area contributed by atoms with Crippen LogP contribution in [0.25, 0.3) is 0 Å². The fourth-order valence-corrected chi connectivity index (χ4v) is 1.28. The number of hydrogen-bond donors (Lipinski definition) is 0. The molecule has 0 spiro atoms. The number of ether oxygens (including phenoxy) is 2. The first-order valence-electron chi connectivity index (χ1n) is 4.90. The molecule has 0 fully saturated rings. The number of benzene rings is 1. The number of rotatable bonds is 6. The van der Waals surface area contributed by atoms with Gasteiger partial charge in [-0.2, -0.15) is 0 Å². The number of carbonyl (C=O) groups excluding carboxylic acids is 1. The highest BCUT2D eigenvalue weighted by atomic mass is 16.5. The summed E-state index contributed by atoms with van der Waals surface area (Å²) >= 11 is 0. The maximum Gasteiger partial charge on any atom is 0.139 e. The van der Waals surface area contributed by atoms with Crippen molar-refractivity contribution in [1.29, 1.82) is 0 Å². The van der Waals surface area contributed by atoms with Crippen molar-refractivity contribution in [3.8, 4) is 5.75 Å². The van der Waals surface area contributed by atoms with Crippen molar-refractivity contribution in [2.75, 3.05) is 20.8 Å². The van der Waals surface area contributed by atoms with Crippen LogP contribution in [0.2, 0.25) is 0 Å². The Balaban J connectivity index is 2.46. The molecule has 0 saturated heterocycles. The molecule has 0 unspecified atom stereocenters. The molecule has 15 heavy (non-hydrogen) atoms. The molecule has 1 aromatic carbocycles. The van der Waals surface area contributed by atoms with Gasteiger partial charge in [0.15, 0.2) is 0 Å². The zero-order valence-corrected chi connectivity index (χ0v) is 9.16. The highest BCUT2D eigenvalue weighted by Gasteiger charge is 2.03. The second kappa shape index (κ2) is 6.19. The largest absolute Gasteiger partial charge is 0.497 e. The van der Waals surface area contributed by atoms with Gasteiger partial charge >= 0.3 is 0 Å². The Hall–Kier alpha value is -1.35. The number of ketones is 1. The summed E-state index contributed by atoms with van der Waals surface area (Å²) in [4.78, 5) is 11.4. The van der Waals surface area contributed by atoms with E-state index in [1.54, 1.807) is 14.2 Å². The summed E-state index contributed by atoms with van der Waals surface area (Å²) < 4.78 is 9.88. The van der Waals surface area contributed by atoms with Crippen LogP contribution >= 0.6 is 0 Å². The lowest BCUT2D eigenvalue weighted by Gasteiger charge is -2.02. The van der Waals surface area contributed by atoms with Gasteiger partial charge in [0, 0.05) is 20.0 Å². The second-order valence-electron chi connectivity index (χ2n) is 3.31. The molecule has 0 saturated carbocycles. The van der Waals surface area contributed by atoms with Crippen LogP contribution < -0.4 is 4.74 Å². The maximum atomic E-state index is 11.4. The van der Waals surface area contributed by atoms with Gasteiger partial charge < -0.3 is 9.47 Å². The van der Waals surface area contributed by atoms with Gasteiger partial charge in [0.2, 0.25) is 0 Å². The molecule has 0 aliphatic heterocycles. The minimum Gasteiger partial charge on any atom is -0.497 e. The molecule has 0 aliphatic carbocycles. The highest BCUT2D eigenvalue weighted by Crippen LogP contribution is 2.12. The van der Waals surface area contributed by atoms with Crippen molar-refractivity contribution in [1.82, 2.24) is 0 Å². The zero-order chi connectivity index (χ0) is 11.1. The van der Waals surface area contributed by atoms with E-state index in [4.69, 9.17) is 9.47 Å². The summed E-state index contributed by atoms with van der Waals surface area (Å²) in [5.41, 5.74) is 1.01. The van der Waals surface area contributed by atoms with Crippen molar-refractivity contribution < 1.29 is 14.3 Å². The molecule has 0 radical (unpaired) electrons. The molecule has 3 nitrogen and oxygen atoms in total. The number of hydrogen-bond acceptors (Lipinski definition) is 3. The monoisotopic (exact) mass is 208 g/mol. The predicted molar refractivity (Wildman–Crippen MR) is 58.2 cm³/mol. The van der Waals surface area contributed by atoms with Crippen LogP contribution in [0.5, 0.6) is 5.75 Å². The van der Waals surface area contributed by atoms with E-state index < -0.39 is 0 Å². The van der Waals surface area contributed by atoms with Gasteiger partial charge in [-0.1, -0.05) is 12.1 Å². The van der Waals surface area contributed by atoms with Gasteiger partial charge in [0.25, 0.3) is 0 Å². The van der Waals surface area contributed by atoms with E-state index in [1.165, 1.54) is 0 Å². The minimum absolute atomic E-state index is 0.196. The van der Waals surface area contributed by atoms with E-state index in [2.05, 4.69) is 0 Å². The first-order chi connectivity index (χ1) is 7.26. The van der Waals surface area contributed by atoms with E-state index >= 15 is 0 Å². The van der Waals surface area contributed by atoms with E-state index in [0.717, 1.165) is 11.3 Å². The topological polar surface area (TPSA) is 35.5 Å². The third kappa shape index (κ3) is 4.13. The normalized spacial score (nSPS) is 10.0. The fraction of sp³-hybridized carbons (Fsp3) is 0.417. The fourth-order valence-electron chi connectivity index (χ4n) is 1.28. The zero-order valence-electron chi connectivity index (χ0n) is 9.16. The Kier molecular flexibility index (Phi) is 4.84. The second-order valence-corrected chi connectivity index (χ2v) is 3.31. The minimum atomic E-state index is 0.196. The SMILES string of the molecule is COCCC(=O)Cc1ccc(OC)cc1. The Morgan fingerprint density at radius 1 is 1.20 bits per heavy atom. The predicted octanol–water partition coefficient (Wildman–Crippen LogP) is 1.84. The summed E-state index contributed by atoms with van der Waals surface area (Å²) in [6.07, 6.45) is 0.940. The Bertz CT molecular complexity index is 303. The van der Waals surface area contributed by atoms with Crippen LogP contribution in [-0.2, 0) is 16.0 Å². The van der Waals surface area contributed by atoms with Crippen molar-refractivity contribution >= 4 is 5.78 Å². The lowest BCUT2D eigenvalue weighted by molar-refractivity contribution is -0.119. The molecule has 0 N–H and O–H groups in total. The third-order valence-electron chi connectivity index (χ3n) is 2.15. The van der Waals surface area contributed by atoms with Gasteiger partial charge in [-0.05, 0) is 17.7 Å². The van der Waals surface area contributed by atoms with Gasteiger partial charge in [-0.15, -0.1) is 0 Å². The third-order valence-corrected chi connectivity index (χ3v) is 2.15. The van der Waals surface area contributed by atoms with Crippen LogP contribution in [0.4, 0.5) is 0 Å². The van der Waals surface area contributed by atoms with Crippen LogP contribution in [0.15, 0.2) is 24.3 Å². The summed E-state index contributed by atoms with van der Waals surface area (Å²) in [5, 5.41) is 0. The molecule has 3 heteroatoms. The number of Topliss-reactive ketones (excluding diaryl/α,β-unsaturated/α-hetero) is 1. The Morgan fingerprint density at radius 3 is 2.40 bits per heavy atom. The number of methoxy groups -OCH3 is 2. The van der Waals surface area contributed by atoms with E-state index in [-0.39, 0.29) is 5.78 Å². The molecule has 0 atom stereocenters. The van der Waals surface area contributed by atoms with Crippen LogP contribution in [-0.4, -0.2) is 26.6 Å². The lowest BCUT2D eigenvalue weighted by Crippen LogP contribution is -2.05. The van der Waals surface area contributed by atoms with E-state index in [0.29, 0.717) is 19.4 Å². The Labute approximate surface area is 90.0 Å². The summed E-state index contributed by atoms with van der Waals surface area (Å²) in [6.45, 7) is 0.495. The van der Waals surface area contributed by atoms with Crippen molar-refractivity contribution in [2.24, 2.45) is 0 Å². The smallest absolute Gasteiger partial charge is 0.139 e. The van der Waals surface area contributed by atoms with Crippen LogP contribution in [0.1, 0.15) is 12.0 Å².